The quantitative estimate of drug-likeness (QED) is 0.515. The van der Waals surface area contributed by atoms with Crippen LogP contribution in [-0.2, 0) is 17.6 Å². The molecule has 1 fully saturated rings. The Labute approximate surface area is 201 Å². The first-order valence-electron chi connectivity index (χ1n) is 12.3. The lowest BCUT2D eigenvalue weighted by Gasteiger charge is -2.30. The minimum Gasteiger partial charge on any atom is -0.444 e. The van der Waals surface area contributed by atoms with Crippen LogP contribution in [0.1, 0.15) is 77.3 Å². The van der Waals surface area contributed by atoms with Crippen molar-refractivity contribution in [3.63, 3.8) is 0 Å². The molecule has 8 nitrogen and oxygen atoms in total. The third-order valence-electron chi connectivity index (χ3n) is 6.58. The number of carbonyl (C=O) groups excluding carboxylic acids is 1. The fraction of sp³-hybridized carbons (Fsp3) is 0.500. The molecule has 1 aliphatic heterocycles. The summed E-state index contributed by atoms with van der Waals surface area (Å²) in [5.41, 5.74) is 5.82. The number of amides is 1. The molecule has 34 heavy (non-hydrogen) atoms. The first kappa shape index (κ1) is 22.5. The second-order valence-electron chi connectivity index (χ2n) is 10.2. The number of benzene rings is 1. The number of aryl methyl sites for hydroxylation is 1. The molecule has 5 rings (SSSR count). The van der Waals surface area contributed by atoms with Gasteiger partial charge in [0, 0.05) is 13.7 Å². The summed E-state index contributed by atoms with van der Waals surface area (Å²) in [5.74, 6) is 0.518. The molecule has 8 heteroatoms. The van der Waals surface area contributed by atoms with E-state index in [1.807, 2.05) is 31.7 Å². The van der Waals surface area contributed by atoms with Gasteiger partial charge >= 0.3 is 6.09 Å². The second kappa shape index (κ2) is 9.16. The van der Waals surface area contributed by atoms with Crippen LogP contribution in [0, 0.1) is 0 Å². The molecular formula is C26H34N6O2. The van der Waals surface area contributed by atoms with Gasteiger partial charge in [-0.3, -0.25) is 9.88 Å². The summed E-state index contributed by atoms with van der Waals surface area (Å²) in [5, 5.41) is 15.3. The fourth-order valence-electron chi connectivity index (χ4n) is 5.19. The highest BCUT2D eigenvalue weighted by atomic mass is 16.6. The average molecular weight is 463 g/mol. The molecule has 1 atom stereocenters. The highest BCUT2D eigenvalue weighted by Crippen LogP contribution is 2.44. The van der Waals surface area contributed by atoms with Crippen molar-refractivity contribution >= 4 is 6.09 Å². The Kier molecular flexibility index (Phi) is 6.06. The molecule has 180 valence electrons. The van der Waals surface area contributed by atoms with Crippen LogP contribution in [0.3, 0.4) is 0 Å². The van der Waals surface area contributed by atoms with Crippen LogP contribution in [0.2, 0.25) is 0 Å². The molecule has 1 N–H and O–H groups in total. The number of tetrazole rings is 1. The van der Waals surface area contributed by atoms with Crippen molar-refractivity contribution in [1.82, 2.24) is 30.5 Å². The van der Waals surface area contributed by atoms with E-state index in [0.29, 0.717) is 12.4 Å². The van der Waals surface area contributed by atoms with Crippen molar-refractivity contribution in [1.29, 1.82) is 0 Å². The van der Waals surface area contributed by atoms with Gasteiger partial charge < -0.3 is 4.74 Å². The van der Waals surface area contributed by atoms with Crippen LogP contribution in [0.4, 0.5) is 4.79 Å². The zero-order chi connectivity index (χ0) is 23.7. The number of rotatable bonds is 3. The minimum absolute atomic E-state index is 0. The SMILES string of the molecule is CC(C)(C)OC(=O)N1CCC[C@H]1c1nc2c(c(-c3ccccc3)c1-c1nn[nH]n1)CCCCC2.[HH]. The number of nitrogens with zero attached hydrogens (tertiary/aromatic N) is 5. The predicted molar refractivity (Wildman–Crippen MR) is 131 cm³/mol. The summed E-state index contributed by atoms with van der Waals surface area (Å²) >= 11 is 0. The summed E-state index contributed by atoms with van der Waals surface area (Å²) in [6.07, 6.45) is 6.77. The molecule has 1 aliphatic carbocycles. The van der Waals surface area contributed by atoms with Crippen LogP contribution in [0.5, 0.6) is 0 Å². The molecular weight excluding hydrogens is 428 g/mol. The van der Waals surface area contributed by atoms with Crippen molar-refractivity contribution in [2.75, 3.05) is 6.54 Å². The number of ether oxygens (including phenoxy) is 1. The Hall–Kier alpha value is -3.29. The maximum atomic E-state index is 13.2. The lowest BCUT2D eigenvalue weighted by atomic mass is 9.88. The van der Waals surface area contributed by atoms with E-state index in [-0.39, 0.29) is 13.6 Å². The summed E-state index contributed by atoms with van der Waals surface area (Å²) < 4.78 is 5.76. The molecule has 2 aromatic heterocycles. The lowest BCUT2D eigenvalue weighted by Crippen LogP contribution is -2.37. The van der Waals surface area contributed by atoms with Crippen molar-refractivity contribution in [3.8, 4) is 22.5 Å². The molecule has 1 aromatic carbocycles. The highest BCUT2D eigenvalue weighted by molar-refractivity contribution is 5.86. The van der Waals surface area contributed by atoms with E-state index >= 15 is 0 Å². The molecule has 0 spiro atoms. The first-order valence-corrected chi connectivity index (χ1v) is 12.3. The smallest absolute Gasteiger partial charge is 0.410 e. The van der Waals surface area contributed by atoms with Crippen LogP contribution in [0.25, 0.3) is 22.5 Å². The summed E-state index contributed by atoms with van der Waals surface area (Å²) in [6.45, 7) is 6.34. The normalized spacial score (nSPS) is 18.4. The number of pyridine rings is 1. The monoisotopic (exact) mass is 462 g/mol. The maximum Gasteiger partial charge on any atom is 0.410 e. The molecule has 2 aliphatic rings. The Morgan fingerprint density at radius 1 is 1.09 bits per heavy atom. The molecule has 1 amide bonds. The zero-order valence-corrected chi connectivity index (χ0v) is 20.2. The van der Waals surface area contributed by atoms with Gasteiger partial charge in [0.05, 0.1) is 17.3 Å². The highest BCUT2D eigenvalue weighted by Gasteiger charge is 2.38. The summed E-state index contributed by atoms with van der Waals surface area (Å²) in [6, 6.07) is 10.2. The van der Waals surface area contributed by atoms with E-state index in [0.717, 1.165) is 66.6 Å². The van der Waals surface area contributed by atoms with Gasteiger partial charge in [-0.05, 0) is 81.2 Å². The van der Waals surface area contributed by atoms with Crippen molar-refractivity contribution < 1.29 is 11.0 Å². The number of aromatic nitrogens is 5. The first-order chi connectivity index (χ1) is 16.4. The molecule has 0 saturated carbocycles. The van der Waals surface area contributed by atoms with Gasteiger partial charge in [-0.2, -0.15) is 5.21 Å². The van der Waals surface area contributed by atoms with E-state index in [1.165, 1.54) is 12.0 Å². The Balaban J connectivity index is 0.00000289. The summed E-state index contributed by atoms with van der Waals surface area (Å²) in [7, 11) is 0. The van der Waals surface area contributed by atoms with Crippen LogP contribution in [0.15, 0.2) is 30.3 Å². The van der Waals surface area contributed by atoms with Gasteiger partial charge in [0.2, 0.25) is 5.82 Å². The number of hydrogen-bond donors (Lipinski definition) is 1. The van der Waals surface area contributed by atoms with Crippen LogP contribution < -0.4 is 0 Å². The number of H-pyrrole nitrogens is 1. The lowest BCUT2D eigenvalue weighted by molar-refractivity contribution is 0.0221. The summed E-state index contributed by atoms with van der Waals surface area (Å²) in [4.78, 5) is 20.3. The third-order valence-corrected chi connectivity index (χ3v) is 6.58. The average Bonchev–Trinajstić information content (AvgIpc) is 3.46. The van der Waals surface area contributed by atoms with Gasteiger partial charge in [-0.25, -0.2) is 4.79 Å². The topological polar surface area (TPSA) is 96.9 Å². The predicted octanol–water partition coefficient (Wildman–Crippen LogP) is 5.52. The van der Waals surface area contributed by atoms with Crippen molar-refractivity contribution in [2.45, 2.75) is 77.4 Å². The number of fused-ring (bicyclic) bond motifs is 1. The van der Waals surface area contributed by atoms with E-state index in [4.69, 9.17) is 9.72 Å². The fourth-order valence-corrected chi connectivity index (χ4v) is 5.19. The van der Waals surface area contributed by atoms with E-state index in [9.17, 15) is 4.79 Å². The third kappa shape index (κ3) is 4.41. The Morgan fingerprint density at radius 3 is 2.62 bits per heavy atom. The Morgan fingerprint density at radius 2 is 1.88 bits per heavy atom. The molecule has 0 bridgehead atoms. The number of aromatic amines is 1. The molecule has 0 radical (unpaired) electrons. The number of hydrogen-bond acceptors (Lipinski definition) is 6. The van der Waals surface area contributed by atoms with Gasteiger partial charge in [-0.1, -0.05) is 36.8 Å². The van der Waals surface area contributed by atoms with Crippen LogP contribution in [-0.4, -0.2) is 48.7 Å². The maximum absolute atomic E-state index is 13.2. The standard InChI is InChI=1S/C26H32N6O2.H2/c1-26(2,3)34-25(33)32-16-10-15-20(32)23-22(24-28-30-31-29-24)21(17-11-6-4-7-12-17)18-13-8-5-9-14-19(18)27-23;/h4,6-7,11-12,20H,5,8-10,13-16H2,1-3H3,(H,28,29,30,31);1H/t20-;/m0./s1. The van der Waals surface area contributed by atoms with Gasteiger partial charge in [-0.15, -0.1) is 10.2 Å². The van der Waals surface area contributed by atoms with E-state index < -0.39 is 5.60 Å². The zero-order valence-electron chi connectivity index (χ0n) is 20.2. The second-order valence-corrected chi connectivity index (χ2v) is 10.2. The van der Waals surface area contributed by atoms with Crippen molar-refractivity contribution in [2.24, 2.45) is 0 Å². The molecule has 3 heterocycles. The molecule has 3 aromatic rings. The number of carbonyl (C=O) groups is 1. The van der Waals surface area contributed by atoms with Crippen molar-refractivity contribution in [3.05, 3.63) is 47.3 Å². The number of nitrogens with one attached hydrogen (secondary N) is 1. The minimum atomic E-state index is -0.558. The molecule has 1 saturated heterocycles. The van der Waals surface area contributed by atoms with E-state index in [2.05, 4.69) is 44.9 Å². The van der Waals surface area contributed by atoms with Gasteiger partial charge in [0.15, 0.2) is 0 Å². The van der Waals surface area contributed by atoms with E-state index in [1.54, 1.807) is 0 Å². The number of likely N-dealkylation sites (tertiary alicyclic amines) is 1. The Bertz CT molecular complexity index is 1160. The van der Waals surface area contributed by atoms with Gasteiger partial charge in [0.25, 0.3) is 0 Å². The van der Waals surface area contributed by atoms with Gasteiger partial charge in [0.1, 0.15) is 5.60 Å². The molecule has 0 unspecified atom stereocenters. The largest absolute Gasteiger partial charge is 0.444 e. The van der Waals surface area contributed by atoms with Crippen LogP contribution >= 0.6 is 0 Å².